The van der Waals surface area contributed by atoms with E-state index in [1.165, 1.54) is 0 Å². The van der Waals surface area contributed by atoms with Gasteiger partial charge in [-0.1, -0.05) is 29.4 Å². The topological polar surface area (TPSA) is 88.3 Å². The minimum absolute atomic E-state index is 0.0455. The molecule has 8 heteroatoms. The standard InChI is InChI=1S/C22H24N4O3S/c1-15-5-2-3-6-17(15)22(28)23-16-10-12-26(13-11-16)20(27)9-8-19-24-21(25-29-19)18-7-4-14-30-18/h2-7,14,16H,8-13H2,1H3,(H,23,28). The average Bonchev–Trinajstić information content (AvgIpc) is 3.45. The normalized spacial score (nSPS) is 14.6. The van der Waals surface area contributed by atoms with Gasteiger partial charge in [0.2, 0.25) is 17.6 Å². The summed E-state index contributed by atoms with van der Waals surface area (Å²) in [5, 5.41) is 9.04. The molecular weight excluding hydrogens is 400 g/mol. The molecule has 3 heterocycles. The van der Waals surface area contributed by atoms with Crippen LogP contribution in [0.4, 0.5) is 0 Å². The van der Waals surface area contributed by atoms with Crippen LogP contribution in [-0.4, -0.2) is 46.0 Å². The number of benzene rings is 1. The van der Waals surface area contributed by atoms with E-state index in [1.54, 1.807) is 11.3 Å². The Morgan fingerprint density at radius 2 is 2.00 bits per heavy atom. The van der Waals surface area contributed by atoms with Crippen LogP contribution in [0.5, 0.6) is 0 Å². The molecule has 0 aliphatic carbocycles. The van der Waals surface area contributed by atoms with Gasteiger partial charge in [0.15, 0.2) is 0 Å². The molecule has 1 aliphatic heterocycles. The van der Waals surface area contributed by atoms with Gasteiger partial charge in [0.1, 0.15) is 0 Å². The highest BCUT2D eigenvalue weighted by Gasteiger charge is 2.24. The fourth-order valence-corrected chi connectivity index (χ4v) is 4.25. The number of rotatable bonds is 6. The first-order valence-electron chi connectivity index (χ1n) is 10.1. The molecule has 0 spiro atoms. The molecule has 1 aromatic carbocycles. The minimum Gasteiger partial charge on any atom is -0.349 e. The second kappa shape index (κ2) is 9.21. The number of aromatic nitrogens is 2. The molecule has 0 radical (unpaired) electrons. The number of likely N-dealkylation sites (tertiary alicyclic amines) is 1. The van der Waals surface area contributed by atoms with Gasteiger partial charge in [-0.3, -0.25) is 9.59 Å². The Balaban J connectivity index is 1.23. The lowest BCUT2D eigenvalue weighted by molar-refractivity contribution is -0.132. The van der Waals surface area contributed by atoms with E-state index in [4.69, 9.17) is 4.52 Å². The third kappa shape index (κ3) is 4.76. The summed E-state index contributed by atoms with van der Waals surface area (Å²) in [5.74, 6) is 1.08. The van der Waals surface area contributed by atoms with Gasteiger partial charge in [-0.15, -0.1) is 11.3 Å². The monoisotopic (exact) mass is 424 g/mol. The smallest absolute Gasteiger partial charge is 0.251 e. The van der Waals surface area contributed by atoms with Gasteiger partial charge in [-0.2, -0.15) is 4.98 Å². The van der Waals surface area contributed by atoms with E-state index in [-0.39, 0.29) is 17.9 Å². The third-order valence-electron chi connectivity index (χ3n) is 5.33. The van der Waals surface area contributed by atoms with Crippen molar-refractivity contribution < 1.29 is 14.1 Å². The Hall–Kier alpha value is -3.00. The molecule has 1 saturated heterocycles. The second-order valence-corrected chi connectivity index (χ2v) is 8.38. The average molecular weight is 425 g/mol. The Morgan fingerprint density at radius 3 is 2.73 bits per heavy atom. The van der Waals surface area contributed by atoms with Crippen molar-refractivity contribution in [2.75, 3.05) is 13.1 Å². The number of aryl methyl sites for hydroxylation is 2. The van der Waals surface area contributed by atoms with E-state index in [0.717, 1.165) is 23.3 Å². The van der Waals surface area contributed by atoms with Crippen molar-refractivity contribution in [3.63, 3.8) is 0 Å². The third-order valence-corrected chi connectivity index (χ3v) is 6.20. The lowest BCUT2D eigenvalue weighted by Gasteiger charge is -2.32. The molecule has 1 N–H and O–H groups in total. The number of carbonyl (C=O) groups is 2. The van der Waals surface area contributed by atoms with Crippen molar-refractivity contribution in [1.82, 2.24) is 20.4 Å². The number of amides is 2. The zero-order valence-corrected chi connectivity index (χ0v) is 17.7. The van der Waals surface area contributed by atoms with Crippen molar-refractivity contribution in [3.8, 4) is 10.7 Å². The molecule has 2 aromatic heterocycles. The van der Waals surface area contributed by atoms with Gasteiger partial charge >= 0.3 is 0 Å². The molecule has 3 aromatic rings. The molecule has 156 valence electrons. The van der Waals surface area contributed by atoms with E-state index in [9.17, 15) is 9.59 Å². The van der Waals surface area contributed by atoms with Crippen LogP contribution in [0.15, 0.2) is 46.3 Å². The van der Waals surface area contributed by atoms with E-state index in [1.807, 2.05) is 53.6 Å². The number of piperidine rings is 1. The molecule has 0 unspecified atom stereocenters. The molecular formula is C22H24N4O3S. The van der Waals surface area contributed by atoms with E-state index < -0.39 is 0 Å². The number of nitrogens with one attached hydrogen (secondary N) is 1. The highest BCUT2D eigenvalue weighted by Crippen LogP contribution is 2.22. The van der Waals surface area contributed by atoms with Gasteiger partial charge in [0.05, 0.1) is 4.88 Å². The maximum absolute atomic E-state index is 12.6. The molecule has 7 nitrogen and oxygen atoms in total. The van der Waals surface area contributed by atoms with E-state index in [0.29, 0.717) is 43.2 Å². The Labute approximate surface area is 179 Å². The molecule has 4 rings (SSSR count). The summed E-state index contributed by atoms with van der Waals surface area (Å²) in [4.78, 5) is 32.2. The SMILES string of the molecule is Cc1ccccc1C(=O)NC1CCN(C(=O)CCc2nc(-c3cccs3)no2)CC1. The van der Waals surface area contributed by atoms with Crippen LogP contribution >= 0.6 is 11.3 Å². The molecule has 0 saturated carbocycles. The number of hydrogen-bond acceptors (Lipinski definition) is 6. The molecule has 1 fully saturated rings. The van der Waals surface area contributed by atoms with Crippen LogP contribution in [0.25, 0.3) is 10.7 Å². The van der Waals surface area contributed by atoms with Crippen molar-refractivity contribution in [3.05, 3.63) is 58.8 Å². The van der Waals surface area contributed by atoms with Crippen LogP contribution in [-0.2, 0) is 11.2 Å². The van der Waals surface area contributed by atoms with Crippen molar-refractivity contribution >= 4 is 23.2 Å². The summed E-state index contributed by atoms with van der Waals surface area (Å²) in [5.41, 5.74) is 1.67. The Bertz CT molecular complexity index is 1010. The van der Waals surface area contributed by atoms with Gasteiger partial charge in [0.25, 0.3) is 5.91 Å². The van der Waals surface area contributed by atoms with Crippen molar-refractivity contribution in [2.24, 2.45) is 0 Å². The summed E-state index contributed by atoms with van der Waals surface area (Å²) in [6.45, 7) is 3.21. The summed E-state index contributed by atoms with van der Waals surface area (Å²) >= 11 is 1.55. The molecule has 0 atom stereocenters. The number of nitrogens with zero attached hydrogens (tertiary/aromatic N) is 3. The predicted octanol–water partition coefficient (Wildman–Crippen LogP) is 3.46. The van der Waals surface area contributed by atoms with Crippen molar-refractivity contribution in [2.45, 2.75) is 38.6 Å². The summed E-state index contributed by atoms with van der Waals surface area (Å²) in [7, 11) is 0. The first-order chi connectivity index (χ1) is 14.6. The second-order valence-electron chi connectivity index (χ2n) is 7.43. The molecule has 0 bridgehead atoms. The van der Waals surface area contributed by atoms with Crippen LogP contribution in [0.1, 0.15) is 41.1 Å². The summed E-state index contributed by atoms with van der Waals surface area (Å²) in [6.07, 6.45) is 2.28. The Morgan fingerprint density at radius 1 is 1.20 bits per heavy atom. The lowest BCUT2D eigenvalue weighted by atomic mass is 10.0. The highest BCUT2D eigenvalue weighted by atomic mass is 32.1. The van der Waals surface area contributed by atoms with Gasteiger partial charge in [-0.05, 0) is 42.8 Å². The zero-order valence-electron chi connectivity index (χ0n) is 16.8. The van der Waals surface area contributed by atoms with Crippen molar-refractivity contribution in [1.29, 1.82) is 0 Å². The highest BCUT2D eigenvalue weighted by molar-refractivity contribution is 7.13. The zero-order chi connectivity index (χ0) is 20.9. The fourth-order valence-electron chi connectivity index (χ4n) is 3.60. The summed E-state index contributed by atoms with van der Waals surface area (Å²) in [6, 6.07) is 11.5. The van der Waals surface area contributed by atoms with Crippen LogP contribution in [0, 0.1) is 6.92 Å². The predicted molar refractivity (Wildman–Crippen MR) is 114 cm³/mol. The maximum atomic E-state index is 12.6. The van der Waals surface area contributed by atoms with Gasteiger partial charge in [-0.25, -0.2) is 0 Å². The largest absolute Gasteiger partial charge is 0.349 e. The number of carbonyl (C=O) groups excluding carboxylic acids is 2. The fraction of sp³-hybridized carbons (Fsp3) is 0.364. The number of hydrogen-bond donors (Lipinski definition) is 1. The van der Waals surface area contributed by atoms with E-state index in [2.05, 4.69) is 15.5 Å². The van der Waals surface area contributed by atoms with Gasteiger partial charge in [0, 0.05) is 37.5 Å². The molecule has 2 amide bonds. The minimum atomic E-state index is -0.0455. The maximum Gasteiger partial charge on any atom is 0.251 e. The molecule has 1 aliphatic rings. The first kappa shape index (κ1) is 20.3. The van der Waals surface area contributed by atoms with Gasteiger partial charge < -0.3 is 14.7 Å². The van der Waals surface area contributed by atoms with E-state index >= 15 is 0 Å². The number of thiophene rings is 1. The summed E-state index contributed by atoms with van der Waals surface area (Å²) < 4.78 is 5.27. The Kier molecular flexibility index (Phi) is 6.23. The molecule has 30 heavy (non-hydrogen) atoms. The van der Waals surface area contributed by atoms with Crippen LogP contribution in [0.2, 0.25) is 0 Å². The first-order valence-corrected chi connectivity index (χ1v) is 11.0. The quantitative estimate of drug-likeness (QED) is 0.655. The lowest BCUT2D eigenvalue weighted by Crippen LogP contribution is -2.46. The van der Waals surface area contributed by atoms with Crippen LogP contribution in [0.3, 0.4) is 0 Å². The van der Waals surface area contributed by atoms with Crippen LogP contribution < -0.4 is 5.32 Å².